The zero-order valence-electron chi connectivity index (χ0n) is 23.1. The van der Waals surface area contributed by atoms with Crippen LogP contribution in [0.3, 0.4) is 0 Å². The second kappa shape index (κ2) is 13.2. The predicted molar refractivity (Wildman–Crippen MR) is 164 cm³/mol. The summed E-state index contributed by atoms with van der Waals surface area (Å²) in [6.07, 6.45) is 5.52. The number of allylic oxidation sites excluding steroid dienone is 3. The minimum absolute atomic E-state index is 0.942. The molecule has 0 saturated carbocycles. The Morgan fingerprint density at radius 2 is 1.70 bits per heavy atom. The first-order chi connectivity index (χ1) is 17.9. The Balaban J connectivity index is 1.33. The largest absolute Gasteiger partial charge is 0.303 e. The van der Waals surface area contributed by atoms with E-state index in [0.29, 0.717) is 0 Å². The highest BCUT2D eigenvalue weighted by Crippen LogP contribution is 2.34. The van der Waals surface area contributed by atoms with Crippen molar-refractivity contribution in [2.45, 2.75) is 66.3 Å². The molecule has 0 N–H and O–H groups in total. The van der Waals surface area contributed by atoms with Crippen molar-refractivity contribution < 1.29 is 0 Å². The van der Waals surface area contributed by atoms with Crippen LogP contribution in [0.4, 0.5) is 5.69 Å². The van der Waals surface area contributed by atoms with Gasteiger partial charge in [-0.2, -0.15) is 0 Å². The van der Waals surface area contributed by atoms with E-state index in [9.17, 15) is 0 Å². The topological polar surface area (TPSA) is 6.48 Å². The number of benzene rings is 3. The van der Waals surface area contributed by atoms with Gasteiger partial charge >= 0.3 is 0 Å². The third-order valence-electron chi connectivity index (χ3n) is 7.44. The van der Waals surface area contributed by atoms with Crippen molar-refractivity contribution in [3.8, 4) is 0 Å². The molecule has 1 aliphatic heterocycles. The van der Waals surface area contributed by atoms with E-state index in [4.69, 9.17) is 0 Å². The smallest absolute Gasteiger partial charge is 0.0514 e. The summed E-state index contributed by atoms with van der Waals surface area (Å²) in [5, 5.41) is 0. The molecule has 3 aromatic rings. The van der Waals surface area contributed by atoms with Gasteiger partial charge in [-0.3, -0.25) is 0 Å². The lowest BCUT2D eigenvalue weighted by Crippen LogP contribution is -2.29. The van der Waals surface area contributed by atoms with Crippen molar-refractivity contribution in [3.63, 3.8) is 0 Å². The van der Waals surface area contributed by atoms with Crippen LogP contribution in [0, 0.1) is 6.92 Å². The lowest BCUT2D eigenvalue weighted by molar-refractivity contribution is 0.490. The number of rotatable bonds is 11. The number of fused-ring (bicyclic) bond motifs is 1. The average molecular weight is 511 g/mol. The Hall–Kier alpha value is -2.75. The molecule has 1 heterocycles. The Labute approximate surface area is 229 Å². The van der Waals surface area contributed by atoms with Crippen molar-refractivity contribution in [1.82, 2.24) is 4.31 Å². The molecule has 37 heavy (non-hydrogen) atoms. The average Bonchev–Trinajstić information content (AvgIpc) is 2.92. The molecule has 0 bridgehead atoms. The van der Waals surface area contributed by atoms with Gasteiger partial charge in [0.1, 0.15) is 0 Å². The molecule has 0 spiro atoms. The summed E-state index contributed by atoms with van der Waals surface area (Å²) >= 11 is 1.89. The second-order valence-corrected chi connectivity index (χ2v) is 11.5. The quantitative estimate of drug-likeness (QED) is 0.187. The van der Waals surface area contributed by atoms with Gasteiger partial charge in [0.25, 0.3) is 0 Å². The van der Waals surface area contributed by atoms with E-state index in [1.54, 1.807) is 0 Å². The molecule has 4 rings (SSSR count). The first-order valence-corrected chi connectivity index (χ1v) is 14.4. The maximum atomic E-state index is 4.35. The summed E-state index contributed by atoms with van der Waals surface area (Å²) in [6.45, 7) is 16.4. The van der Waals surface area contributed by atoms with Crippen LogP contribution in [0.1, 0.15) is 67.9 Å². The molecule has 0 saturated heterocycles. The number of hydrogen-bond donors (Lipinski definition) is 0. The van der Waals surface area contributed by atoms with Gasteiger partial charge in [-0.25, -0.2) is 4.31 Å². The normalized spacial score (nSPS) is 13.9. The first kappa shape index (κ1) is 27.3. The molecule has 2 nitrogen and oxygen atoms in total. The fourth-order valence-corrected chi connectivity index (χ4v) is 5.99. The molecule has 194 valence electrons. The van der Waals surface area contributed by atoms with E-state index in [1.165, 1.54) is 63.1 Å². The maximum absolute atomic E-state index is 4.35. The summed E-state index contributed by atoms with van der Waals surface area (Å²) in [5.74, 6) is 0. The van der Waals surface area contributed by atoms with E-state index in [0.717, 1.165) is 38.9 Å². The van der Waals surface area contributed by atoms with Crippen LogP contribution in [0.5, 0.6) is 0 Å². The summed E-state index contributed by atoms with van der Waals surface area (Å²) in [5.41, 5.74) is 12.3. The van der Waals surface area contributed by atoms with Crippen molar-refractivity contribution >= 4 is 23.4 Å². The second-order valence-electron chi connectivity index (χ2n) is 10.4. The maximum Gasteiger partial charge on any atom is 0.0514 e. The summed E-state index contributed by atoms with van der Waals surface area (Å²) in [4.78, 5) is 0. The number of anilines is 1. The van der Waals surface area contributed by atoms with Crippen LogP contribution in [0.2, 0.25) is 0 Å². The standard InChI is InChI=1S/C34H42N2S/c1-6-35(37-36-22-10-14-33-13-7-8-15-34(33)36)25-31-12-9-11-30(24-31)19-18-27(3)28(4)23-29(5)32-20-16-26(2)17-21-32/h7-9,11-13,15-17,20-21,24H,5-6,10,14,18-19,22-23,25H2,1-4H3/b28-27+. The first-order valence-electron chi connectivity index (χ1n) is 13.7. The van der Waals surface area contributed by atoms with Gasteiger partial charge in [-0.1, -0.05) is 96.9 Å². The highest BCUT2D eigenvalue weighted by molar-refractivity contribution is 7.98. The van der Waals surface area contributed by atoms with Gasteiger partial charge in [-0.05, 0) is 86.8 Å². The molecule has 0 amide bonds. The summed E-state index contributed by atoms with van der Waals surface area (Å²) in [6, 6.07) is 26.8. The van der Waals surface area contributed by atoms with Crippen LogP contribution in [-0.2, 0) is 19.4 Å². The minimum Gasteiger partial charge on any atom is -0.303 e. The molecule has 3 aromatic carbocycles. The predicted octanol–water partition coefficient (Wildman–Crippen LogP) is 9.21. The van der Waals surface area contributed by atoms with Crippen LogP contribution in [-0.4, -0.2) is 17.4 Å². The highest BCUT2D eigenvalue weighted by atomic mass is 32.2. The van der Waals surface area contributed by atoms with E-state index < -0.39 is 0 Å². The molecular formula is C34H42N2S. The molecule has 0 aliphatic carbocycles. The third-order valence-corrected chi connectivity index (χ3v) is 8.63. The van der Waals surface area contributed by atoms with Gasteiger partial charge in [0.15, 0.2) is 0 Å². The van der Waals surface area contributed by atoms with Gasteiger partial charge in [0.2, 0.25) is 0 Å². The zero-order chi connectivity index (χ0) is 26.2. The molecule has 0 aromatic heterocycles. The van der Waals surface area contributed by atoms with Crippen LogP contribution in [0.15, 0.2) is 90.5 Å². The molecule has 3 heteroatoms. The van der Waals surface area contributed by atoms with Gasteiger partial charge < -0.3 is 4.31 Å². The lowest BCUT2D eigenvalue weighted by atomic mass is 9.94. The van der Waals surface area contributed by atoms with Crippen molar-refractivity contribution in [3.05, 3.63) is 118 Å². The third kappa shape index (κ3) is 7.63. The summed E-state index contributed by atoms with van der Waals surface area (Å²) < 4.78 is 4.96. The zero-order valence-corrected chi connectivity index (χ0v) is 23.9. The van der Waals surface area contributed by atoms with Crippen LogP contribution < -0.4 is 4.31 Å². The number of aryl methyl sites for hydroxylation is 3. The Morgan fingerprint density at radius 1 is 0.946 bits per heavy atom. The molecule has 0 fully saturated rings. The fourth-order valence-electron chi connectivity index (χ4n) is 4.92. The van der Waals surface area contributed by atoms with E-state index >= 15 is 0 Å². The van der Waals surface area contributed by atoms with E-state index in [2.05, 4.69) is 116 Å². The molecule has 1 aliphatic rings. The van der Waals surface area contributed by atoms with Crippen molar-refractivity contribution in [2.75, 3.05) is 17.4 Å². The molecule has 0 atom stereocenters. The van der Waals surface area contributed by atoms with Gasteiger partial charge in [-0.15, -0.1) is 0 Å². The van der Waals surface area contributed by atoms with E-state index in [-0.39, 0.29) is 0 Å². The number of hydrogen-bond acceptors (Lipinski definition) is 3. The molecule has 0 radical (unpaired) electrons. The Bertz CT molecular complexity index is 1220. The van der Waals surface area contributed by atoms with Crippen LogP contribution >= 0.6 is 12.1 Å². The van der Waals surface area contributed by atoms with Crippen molar-refractivity contribution in [2.24, 2.45) is 0 Å². The molecular weight excluding hydrogens is 468 g/mol. The Kier molecular flexibility index (Phi) is 9.71. The SMILES string of the molecule is C=C(C/C(C)=C(\C)CCc1cccc(CN(CC)SN2CCCc3ccccc32)c1)c1ccc(C)cc1. The van der Waals surface area contributed by atoms with Crippen molar-refractivity contribution in [1.29, 1.82) is 0 Å². The van der Waals surface area contributed by atoms with Gasteiger partial charge in [0.05, 0.1) is 5.69 Å². The molecule has 0 unspecified atom stereocenters. The number of para-hydroxylation sites is 1. The lowest BCUT2D eigenvalue weighted by Gasteiger charge is -2.33. The van der Waals surface area contributed by atoms with Gasteiger partial charge in [0, 0.05) is 31.8 Å². The Morgan fingerprint density at radius 3 is 2.49 bits per heavy atom. The highest BCUT2D eigenvalue weighted by Gasteiger charge is 2.19. The fraction of sp³-hybridized carbons (Fsp3) is 0.353. The monoisotopic (exact) mass is 510 g/mol. The number of nitrogens with zero attached hydrogens (tertiary/aromatic N) is 2. The summed E-state index contributed by atoms with van der Waals surface area (Å²) in [7, 11) is 0. The minimum atomic E-state index is 0.942. The van der Waals surface area contributed by atoms with Crippen LogP contribution in [0.25, 0.3) is 5.57 Å². The van der Waals surface area contributed by atoms with E-state index in [1.807, 2.05) is 12.1 Å².